The molecule has 2 aliphatic carbocycles. The molecule has 5 rings (SSSR count). The van der Waals surface area contributed by atoms with Crippen molar-refractivity contribution < 1.29 is 8.42 Å². The first kappa shape index (κ1) is 15.6. The number of sulfonamides is 1. The third kappa shape index (κ3) is 2.45. The zero-order chi connectivity index (χ0) is 17.2. The van der Waals surface area contributed by atoms with Gasteiger partial charge in [-0.3, -0.25) is 0 Å². The zero-order valence-corrected chi connectivity index (χ0v) is 15.1. The molecule has 8 heteroatoms. The summed E-state index contributed by atoms with van der Waals surface area (Å²) in [4.78, 5) is 14.1. The number of anilines is 1. The van der Waals surface area contributed by atoms with Crippen molar-refractivity contribution in [3.63, 3.8) is 0 Å². The van der Waals surface area contributed by atoms with Crippen molar-refractivity contribution in [3.8, 4) is 0 Å². The molecule has 2 aromatic heterocycles. The van der Waals surface area contributed by atoms with Gasteiger partial charge >= 0.3 is 0 Å². The average molecular weight is 361 g/mol. The number of rotatable bonds is 4. The monoisotopic (exact) mass is 361 g/mol. The molecule has 7 nitrogen and oxygen atoms in total. The van der Waals surface area contributed by atoms with Crippen LogP contribution < -0.4 is 4.90 Å². The fraction of sp³-hybridized carbons (Fsp3) is 0.647. The minimum absolute atomic E-state index is 0.0901. The highest BCUT2D eigenvalue weighted by Crippen LogP contribution is 2.44. The summed E-state index contributed by atoms with van der Waals surface area (Å²) >= 11 is 0. The highest BCUT2D eigenvalue weighted by atomic mass is 32.2. The van der Waals surface area contributed by atoms with E-state index in [1.807, 2.05) is 12.3 Å². The Kier molecular flexibility index (Phi) is 3.37. The minimum atomic E-state index is -3.02. The van der Waals surface area contributed by atoms with E-state index in [1.165, 1.54) is 0 Å². The summed E-state index contributed by atoms with van der Waals surface area (Å²) < 4.78 is 26.7. The lowest BCUT2D eigenvalue weighted by Gasteiger charge is -2.27. The van der Waals surface area contributed by atoms with E-state index in [-0.39, 0.29) is 5.25 Å². The van der Waals surface area contributed by atoms with E-state index >= 15 is 0 Å². The first-order valence-corrected chi connectivity index (χ1v) is 10.5. The number of aromatic amines is 1. The van der Waals surface area contributed by atoms with E-state index in [1.54, 1.807) is 10.6 Å². The van der Waals surface area contributed by atoms with Gasteiger partial charge in [0.1, 0.15) is 17.8 Å². The van der Waals surface area contributed by atoms with Crippen LogP contribution in [-0.2, 0) is 10.0 Å². The third-order valence-electron chi connectivity index (χ3n) is 6.21. The molecule has 2 saturated carbocycles. The normalized spacial score (nSPS) is 30.0. The summed E-state index contributed by atoms with van der Waals surface area (Å²) in [7, 11) is -0.927. The van der Waals surface area contributed by atoms with Gasteiger partial charge in [-0.05, 0) is 43.6 Å². The Morgan fingerprint density at radius 3 is 2.60 bits per heavy atom. The van der Waals surface area contributed by atoms with Crippen LogP contribution in [0.1, 0.15) is 25.7 Å². The van der Waals surface area contributed by atoms with Gasteiger partial charge in [-0.25, -0.2) is 22.7 Å². The Bertz CT molecular complexity index is 893. The molecule has 0 amide bonds. The average Bonchev–Trinajstić information content (AvgIpc) is 3.03. The second kappa shape index (κ2) is 5.41. The van der Waals surface area contributed by atoms with E-state index in [2.05, 4.69) is 26.9 Å². The molecule has 3 aliphatic rings. The van der Waals surface area contributed by atoms with Gasteiger partial charge in [0.2, 0.25) is 10.0 Å². The van der Waals surface area contributed by atoms with Gasteiger partial charge in [0.25, 0.3) is 0 Å². The van der Waals surface area contributed by atoms with Crippen LogP contribution >= 0.6 is 0 Å². The predicted octanol–water partition coefficient (Wildman–Crippen LogP) is 1.60. The molecule has 0 unspecified atom stereocenters. The molecule has 0 spiro atoms. The summed E-state index contributed by atoms with van der Waals surface area (Å²) in [5.74, 6) is 1.91. The molecular weight excluding hydrogens is 338 g/mol. The van der Waals surface area contributed by atoms with Crippen LogP contribution in [0.3, 0.4) is 0 Å². The van der Waals surface area contributed by atoms with Crippen molar-refractivity contribution in [2.45, 2.75) is 37.0 Å². The number of fused-ring (bicyclic) bond motifs is 2. The number of hydrogen-bond acceptors (Lipinski definition) is 5. The van der Waals surface area contributed by atoms with Gasteiger partial charge in [-0.2, -0.15) is 0 Å². The third-order valence-corrected chi connectivity index (χ3v) is 8.54. The summed E-state index contributed by atoms with van der Waals surface area (Å²) in [6, 6.07) is 2.43. The number of H-pyrrole nitrogens is 1. The Morgan fingerprint density at radius 1 is 1.20 bits per heavy atom. The SMILES string of the molecule is CN(c1ncnc2[nH]ccc12)[C@H]1C[C@@H]2CN(S(=O)(=O)C3CC3)C[C@@H]2C1. The Hall–Kier alpha value is -1.67. The van der Waals surface area contributed by atoms with Gasteiger partial charge in [-0.15, -0.1) is 0 Å². The molecule has 1 aliphatic heterocycles. The van der Waals surface area contributed by atoms with E-state index in [0.29, 0.717) is 31.0 Å². The fourth-order valence-electron chi connectivity index (χ4n) is 4.64. The smallest absolute Gasteiger partial charge is 0.216 e. The van der Waals surface area contributed by atoms with Gasteiger partial charge in [-0.1, -0.05) is 0 Å². The molecule has 0 aromatic carbocycles. The molecule has 134 valence electrons. The van der Waals surface area contributed by atoms with Crippen LogP contribution in [0, 0.1) is 11.8 Å². The summed E-state index contributed by atoms with van der Waals surface area (Å²) in [6.45, 7) is 1.41. The summed E-state index contributed by atoms with van der Waals surface area (Å²) in [5, 5.41) is 0.952. The summed E-state index contributed by atoms with van der Waals surface area (Å²) in [6.07, 6.45) is 7.26. The van der Waals surface area contributed by atoms with Crippen molar-refractivity contribution in [3.05, 3.63) is 18.6 Å². The lowest BCUT2D eigenvalue weighted by atomic mass is 10.0. The van der Waals surface area contributed by atoms with Crippen LogP contribution in [-0.4, -0.2) is 59.1 Å². The van der Waals surface area contributed by atoms with Gasteiger partial charge in [0, 0.05) is 32.4 Å². The number of aromatic nitrogens is 3. The molecule has 3 atom stereocenters. The maximum atomic E-state index is 12.5. The Balaban J connectivity index is 1.32. The first-order valence-electron chi connectivity index (χ1n) is 9.04. The predicted molar refractivity (Wildman–Crippen MR) is 95.8 cm³/mol. The standard InChI is InChI=1S/C17H23N5O2S/c1-21(17-15-4-5-18-16(15)19-10-20-17)13-6-11-8-22(9-12(11)7-13)25(23,24)14-2-3-14/h4-5,10-14H,2-3,6-9H2,1H3,(H,18,19,20)/t11-,12+,13+. The van der Waals surface area contributed by atoms with E-state index < -0.39 is 10.0 Å². The number of nitrogens with one attached hydrogen (secondary N) is 1. The van der Waals surface area contributed by atoms with Crippen LogP contribution in [0.25, 0.3) is 11.0 Å². The zero-order valence-electron chi connectivity index (χ0n) is 14.3. The maximum Gasteiger partial charge on any atom is 0.216 e. The molecule has 1 saturated heterocycles. The highest BCUT2D eigenvalue weighted by Gasteiger charge is 2.49. The van der Waals surface area contributed by atoms with Gasteiger partial charge in [0.05, 0.1) is 10.6 Å². The van der Waals surface area contributed by atoms with Crippen molar-refractivity contribution in [1.82, 2.24) is 19.3 Å². The molecule has 3 heterocycles. The Morgan fingerprint density at radius 2 is 1.92 bits per heavy atom. The van der Waals surface area contributed by atoms with Crippen molar-refractivity contribution in [2.24, 2.45) is 11.8 Å². The second-order valence-corrected chi connectivity index (χ2v) is 9.97. The van der Waals surface area contributed by atoms with E-state index in [0.717, 1.165) is 42.5 Å². The number of nitrogens with zero attached hydrogens (tertiary/aromatic N) is 4. The quantitative estimate of drug-likeness (QED) is 0.894. The molecule has 0 radical (unpaired) electrons. The fourth-order valence-corrected chi connectivity index (χ4v) is 6.59. The minimum Gasteiger partial charge on any atom is -0.356 e. The maximum absolute atomic E-state index is 12.5. The largest absolute Gasteiger partial charge is 0.356 e. The van der Waals surface area contributed by atoms with E-state index in [9.17, 15) is 8.42 Å². The first-order chi connectivity index (χ1) is 12.0. The van der Waals surface area contributed by atoms with Crippen LogP contribution in [0.15, 0.2) is 18.6 Å². The summed E-state index contributed by atoms with van der Waals surface area (Å²) in [5.41, 5.74) is 0.858. The van der Waals surface area contributed by atoms with Crippen molar-refractivity contribution in [1.29, 1.82) is 0 Å². The second-order valence-electron chi connectivity index (χ2n) is 7.75. The van der Waals surface area contributed by atoms with Gasteiger partial charge < -0.3 is 9.88 Å². The topological polar surface area (TPSA) is 82.2 Å². The molecule has 2 aromatic rings. The molecular formula is C17H23N5O2S. The van der Waals surface area contributed by atoms with Crippen molar-refractivity contribution >= 4 is 26.9 Å². The van der Waals surface area contributed by atoms with Crippen LogP contribution in [0.5, 0.6) is 0 Å². The van der Waals surface area contributed by atoms with Crippen LogP contribution in [0.4, 0.5) is 5.82 Å². The number of hydrogen-bond donors (Lipinski definition) is 1. The van der Waals surface area contributed by atoms with E-state index in [4.69, 9.17) is 0 Å². The Labute approximate surface area is 147 Å². The highest BCUT2D eigenvalue weighted by molar-refractivity contribution is 7.90. The van der Waals surface area contributed by atoms with Crippen LogP contribution in [0.2, 0.25) is 0 Å². The molecule has 1 N–H and O–H groups in total. The molecule has 3 fully saturated rings. The van der Waals surface area contributed by atoms with Crippen molar-refractivity contribution in [2.75, 3.05) is 25.0 Å². The van der Waals surface area contributed by atoms with Gasteiger partial charge in [0.15, 0.2) is 0 Å². The molecule has 25 heavy (non-hydrogen) atoms. The lowest BCUT2D eigenvalue weighted by molar-refractivity contribution is 0.432. The molecule has 0 bridgehead atoms. The lowest BCUT2D eigenvalue weighted by Crippen LogP contribution is -2.35.